The van der Waals surface area contributed by atoms with E-state index in [4.69, 9.17) is 4.74 Å². The maximum Gasteiger partial charge on any atom is 0.147 e. The van der Waals surface area contributed by atoms with E-state index in [-0.39, 0.29) is 6.10 Å². The quantitative estimate of drug-likeness (QED) is 0.835. The van der Waals surface area contributed by atoms with Crippen molar-refractivity contribution < 1.29 is 4.74 Å². The van der Waals surface area contributed by atoms with Crippen molar-refractivity contribution in [3.8, 4) is 0 Å². The fourth-order valence-electron chi connectivity index (χ4n) is 2.69. The molecule has 22 heavy (non-hydrogen) atoms. The van der Waals surface area contributed by atoms with Crippen LogP contribution in [0.5, 0.6) is 0 Å². The van der Waals surface area contributed by atoms with Gasteiger partial charge >= 0.3 is 0 Å². The third-order valence-electron chi connectivity index (χ3n) is 3.78. The second-order valence-electron chi connectivity index (χ2n) is 5.77. The molecule has 1 aliphatic rings. The van der Waals surface area contributed by atoms with Gasteiger partial charge in [0, 0.05) is 32.0 Å². The Kier molecular flexibility index (Phi) is 4.44. The minimum Gasteiger partial charge on any atom is -0.374 e. The SMILES string of the molecule is Cc1cnc(CN2CCO[C@H](Cn3nc(C)nc3C)C2)cn1. The molecule has 0 saturated carbocycles. The second kappa shape index (κ2) is 6.50. The Labute approximate surface area is 130 Å². The minimum absolute atomic E-state index is 0.131. The lowest BCUT2D eigenvalue weighted by atomic mass is 10.2. The van der Waals surface area contributed by atoms with Crippen molar-refractivity contribution in [1.29, 1.82) is 0 Å². The molecule has 2 aromatic rings. The highest BCUT2D eigenvalue weighted by Crippen LogP contribution is 2.11. The molecule has 0 spiro atoms. The number of aryl methyl sites for hydroxylation is 3. The molecule has 7 heteroatoms. The fraction of sp³-hybridized carbons (Fsp3) is 0.600. The van der Waals surface area contributed by atoms with E-state index < -0.39 is 0 Å². The Hall–Kier alpha value is -1.86. The summed E-state index contributed by atoms with van der Waals surface area (Å²) < 4.78 is 7.79. The van der Waals surface area contributed by atoms with E-state index >= 15 is 0 Å². The summed E-state index contributed by atoms with van der Waals surface area (Å²) in [4.78, 5) is 15.4. The number of ether oxygens (including phenoxy) is 1. The normalized spacial score (nSPS) is 19.5. The topological polar surface area (TPSA) is 69.0 Å². The Morgan fingerprint density at radius 2 is 2.09 bits per heavy atom. The van der Waals surface area contributed by atoms with Crippen LogP contribution in [0.4, 0.5) is 0 Å². The van der Waals surface area contributed by atoms with Crippen molar-refractivity contribution in [2.45, 2.75) is 40.0 Å². The van der Waals surface area contributed by atoms with Crippen molar-refractivity contribution in [1.82, 2.24) is 29.6 Å². The Balaban J connectivity index is 1.59. The van der Waals surface area contributed by atoms with Crippen LogP contribution in [0.3, 0.4) is 0 Å². The summed E-state index contributed by atoms with van der Waals surface area (Å²) in [6, 6.07) is 0. The van der Waals surface area contributed by atoms with Crippen LogP contribution >= 0.6 is 0 Å². The lowest BCUT2D eigenvalue weighted by Gasteiger charge is -2.32. The zero-order chi connectivity index (χ0) is 15.5. The first-order valence-corrected chi connectivity index (χ1v) is 7.59. The molecule has 7 nitrogen and oxygen atoms in total. The average molecular weight is 302 g/mol. The van der Waals surface area contributed by atoms with Crippen molar-refractivity contribution in [2.24, 2.45) is 0 Å². The molecule has 0 unspecified atom stereocenters. The van der Waals surface area contributed by atoms with Gasteiger partial charge in [-0.2, -0.15) is 5.10 Å². The first kappa shape index (κ1) is 15.1. The summed E-state index contributed by atoms with van der Waals surface area (Å²) in [6.07, 6.45) is 3.80. The lowest BCUT2D eigenvalue weighted by Crippen LogP contribution is -2.44. The molecule has 3 heterocycles. The monoisotopic (exact) mass is 302 g/mol. The molecule has 1 saturated heterocycles. The van der Waals surface area contributed by atoms with Gasteiger partial charge in [0.15, 0.2) is 0 Å². The molecular formula is C15H22N6O. The predicted octanol–water partition coefficient (Wildman–Crippen LogP) is 0.894. The van der Waals surface area contributed by atoms with Crippen LogP contribution in [0.1, 0.15) is 23.0 Å². The maximum absolute atomic E-state index is 5.87. The lowest BCUT2D eigenvalue weighted by molar-refractivity contribution is -0.0409. The molecule has 0 amide bonds. The van der Waals surface area contributed by atoms with Crippen LogP contribution in [0.15, 0.2) is 12.4 Å². The van der Waals surface area contributed by atoms with Crippen LogP contribution in [0, 0.1) is 20.8 Å². The third kappa shape index (κ3) is 3.66. The number of nitrogens with zero attached hydrogens (tertiary/aromatic N) is 6. The van der Waals surface area contributed by atoms with Gasteiger partial charge in [-0.3, -0.25) is 14.9 Å². The molecule has 3 rings (SSSR count). The largest absolute Gasteiger partial charge is 0.374 e. The summed E-state index contributed by atoms with van der Waals surface area (Å²) in [5, 5.41) is 4.41. The van der Waals surface area contributed by atoms with Gasteiger partial charge in [0.25, 0.3) is 0 Å². The summed E-state index contributed by atoms with van der Waals surface area (Å²) in [5.74, 6) is 1.74. The molecule has 118 valence electrons. The van der Waals surface area contributed by atoms with Gasteiger partial charge in [0.1, 0.15) is 11.6 Å². The molecule has 0 bridgehead atoms. The van der Waals surface area contributed by atoms with E-state index in [1.54, 1.807) is 0 Å². The van der Waals surface area contributed by atoms with Crippen LogP contribution in [-0.2, 0) is 17.8 Å². The van der Waals surface area contributed by atoms with Crippen LogP contribution in [0.25, 0.3) is 0 Å². The molecule has 0 aliphatic carbocycles. The second-order valence-corrected chi connectivity index (χ2v) is 5.77. The molecule has 0 N–H and O–H groups in total. The first-order chi connectivity index (χ1) is 10.6. The average Bonchev–Trinajstić information content (AvgIpc) is 2.80. The van der Waals surface area contributed by atoms with E-state index in [0.717, 1.165) is 55.8 Å². The Morgan fingerprint density at radius 3 is 2.77 bits per heavy atom. The summed E-state index contributed by atoms with van der Waals surface area (Å²) >= 11 is 0. The number of aromatic nitrogens is 5. The van der Waals surface area contributed by atoms with Crippen LogP contribution in [-0.4, -0.2) is 55.4 Å². The molecule has 0 aromatic carbocycles. The van der Waals surface area contributed by atoms with Gasteiger partial charge in [-0.25, -0.2) is 9.67 Å². The van der Waals surface area contributed by atoms with Crippen molar-refractivity contribution in [3.05, 3.63) is 35.4 Å². The number of hydrogen-bond acceptors (Lipinski definition) is 6. The van der Waals surface area contributed by atoms with Gasteiger partial charge in [0.2, 0.25) is 0 Å². The summed E-state index contributed by atoms with van der Waals surface area (Å²) in [7, 11) is 0. The van der Waals surface area contributed by atoms with Gasteiger partial charge in [-0.1, -0.05) is 0 Å². The smallest absolute Gasteiger partial charge is 0.147 e. The van der Waals surface area contributed by atoms with Gasteiger partial charge in [-0.15, -0.1) is 0 Å². The zero-order valence-corrected chi connectivity index (χ0v) is 13.4. The van der Waals surface area contributed by atoms with E-state index in [2.05, 4.69) is 25.0 Å². The van der Waals surface area contributed by atoms with Crippen molar-refractivity contribution in [2.75, 3.05) is 19.7 Å². The number of morpholine rings is 1. The number of rotatable bonds is 4. The summed E-state index contributed by atoms with van der Waals surface area (Å²) in [5.41, 5.74) is 1.94. The van der Waals surface area contributed by atoms with Gasteiger partial charge < -0.3 is 4.74 Å². The van der Waals surface area contributed by atoms with E-state index in [0.29, 0.717) is 0 Å². The molecule has 1 fully saturated rings. The van der Waals surface area contributed by atoms with Crippen LogP contribution < -0.4 is 0 Å². The molecular weight excluding hydrogens is 280 g/mol. The minimum atomic E-state index is 0.131. The molecule has 1 aliphatic heterocycles. The van der Waals surface area contributed by atoms with E-state index in [1.807, 2.05) is 37.8 Å². The first-order valence-electron chi connectivity index (χ1n) is 7.59. The standard InChI is InChI=1S/C15H22N6O/c1-11-6-17-14(7-16-11)8-20-4-5-22-15(9-20)10-21-13(3)18-12(2)19-21/h6-7,15H,4-5,8-10H2,1-3H3/t15-/m0/s1. The number of hydrogen-bond donors (Lipinski definition) is 0. The van der Waals surface area contributed by atoms with E-state index in [1.165, 1.54) is 0 Å². The highest BCUT2D eigenvalue weighted by atomic mass is 16.5. The molecule has 2 aromatic heterocycles. The van der Waals surface area contributed by atoms with Gasteiger partial charge in [-0.05, 0) is 20.8 Å². The highest BCUT2D eigenvalue weighted by Gasteiger charge is 2.22. The van der Waals surface area contributed by atoms with Crippen molar-refractivity contribution in [3.63, 3.8) is 0 Å². The Morgan fingerprint density at radius 1 is 1.23 bits per heavy atom. The van der Waals surface area contributed by atoms with Crippen molar-refractivity contribution >= 4 is 0 Å². The predicted molar refractivity (Wildman–Crippen MR) is 81.3 cm³/mol. The zero-order valence-electron chi connectivity index (χ0n) is 13.4. The van der Waals surface area contributed by atoms with Crippen LogP contribution in [0.2, 0.25) is 0 Å². The summed E-state index contributed by atoms with van der Waals surface area (Å²) in [6.45, 7) is 9.90. The Bertz CT molecular complexity index is 623. The highest BCUT2D eigenvalue weighted by molar-refractivity contribution is 5.00. The van der Waals surface area contributed by atoms with E-state index in [9.17, 15) is 0 Å². The molecule has 1 atom stereocenters. The maximum atomic E-state index is 5.87. The third-order valence-corrected chi connectivity index (χ3v) is 3.78. The van der Waals surface area contributed by atoms with Gasteiger partial charge in [0.05, 0.1) is 30.6 Å². The molecule has 0 radical (unpaired) electrons. The fourth-order valence-corrected chi connectivity index (χ4v) is 2.69.